The number of carbonyl (C=O) groups is 2. The Morgan fingerprint density at radius 2 is 1.85 bits per heavy atom. The van der Waals surface area contributed by atoms with Crippen LogP contribution in [-0.4, -0.2) is 36.3 Å². The molecule has 2 heterocycles. The number of halogens is 1. The molecule has 0 saturated carbocycles. The molecule has 26 heavy (non-hydrogen) atoms. The summed E-state index contributed by atoms with van der Waals surface area (Å²) in [6.45, 7) is 3.24. The van der Waals surface area contributed by atoms with E-state index < -0.39 is 11.8 Å². The SMILES string of the molecule is O=C(NCC1CCN(Cc2ccco2)CC1)C(=O)Nc1ccc(Cl)cc1. The van der Waals surface area contributed by atoms with Crippen molar-refractivity contribution in [3.63, 3.8) is 0 Å². The average molecular weight is 376 g/mol. The maximum atomic E-state index is 12.0. The summed E-state index contributed by atoms with van der Waals surface area (Å²) in [5.74, 6) is 0.0753. The van der Waals surface area contributed by atoms with Gasteiger partial charge in [-0.15, -0.1) is 0 Å². The lowest BCUT2D eigenvalue weighted by molar-refractivity contribution is -0.136. The Morgan fingerprint density at radius 3 is 2.50 bits per heavy atom. The van der Waals surface area contributed by atoms with Gasteiger partial charge in [-0.3, -0.25) is 14.5 Å². The topological polar surface area (TPSA) is 74.6 Å². The Balaban J connectivity index is 1.36. The fourth-order valence-corrected chi connectivity index (χ4v) is 3.14. The zero-order valence-electron chi connectivity index (χ0n) is 14.4. The highest BCUT2D eigenvalue weighted by atomic mass is 35.5. The van der Waals surface area contributed by atoms with Crippen molar-refractivity contribution in [2.75, 3.05) is 25.0 Å². The number of likely N-dealkylation sites (tertiary alicyclic amines) is 1. The van der Waals surface area contributed by atoms with E-state index in [0.717, 1.165) is 38.2 Å². The molecule has 0 radical (unpaired) electrons. The summed E-state index contributed by atoms with van der Waals surface area (Å²) in [5, 5.41) is 5.87. The molecule has 1 aliphatic heterocycles. The maximum absolute atomic E-state index is 12.0. The lowest BCUT2D eigenvalue weighted by atomic mass is 9.96. The van der Waals surface area contributed by atoms with Crippen molar-refractivity contribution >= 4 is 29.1 Å². The molecule has 1 aromatic heterocycles. The van der Waals surface area contributed by atoms with Crippen molar-refractivity contribution in [3.05, 3.63) is 53.4 Å². The molecule has 3 rings (SSSR count). The molecule has 2 aromatic rings. The third-order valence-corrected chi connectivity index (χ3v) is 4.78. The molecule has 0 unspecified atom stereocenters. The van der Waals surface area contributed by atoms with E-state index in [-0.39, 0.29) is 0 Å². The van der Waals surface area contributed by atoms with E-state index in [2.05, 4.69) is 15.5 Å². The highest BCUT2D eigenvalue weighted by Gasteiger charge is 2.21. The molecule has 1 saturated heterocycles. The van der Waals surface area contributed by atoms with Crippen molar-refractivity contribution in [2.24, 2.45) is 5.92 Å². The predicted octanol–water partition coefficient (Wildman–Crippen LogP) is 2.90. The maximum Gasteiger partial charge on any atom is 0.313 e. The first-order chi connectivity index (χ1) is 12.6. The van der Waals surface area contributed by atoms with Gasteiger partial charge < -0.3 is 15.1 Å². The number of benzene rings is 1. The van der Waals surface area contributed by atoms with Crippen LogP contribution in [-0.2, 0) is 16.1 Å². The van der Waals surface area contributed by atoms with Gasteiger partial charge in [0.25, 0.3) is 0 Å². The second-order valence-corrected chi connectivity index (χ2v) is 6.91. The number of hydrogen-bond acceptors (Lipinski definition) is 4. The molecule has 0 atom stereocenters. The fraction of sp³-hybridized carbons (Fsp3) is 0.368. The van der Waals surface area contributed by atoms with E-state index in [0.29, 0.717) is 23.2 Å². The number of piperidine rings is 1. The average Bonchev–Trinajstić information content (AvgIpc) is 3.16. The van der Waals surface area contributed by atoms with Crippen LogP contribution in [0, 0.1) is 5.92 Å². The van der Waals surface area contributed by atoms with Crippen LogP contribution >= 0.6 is 11.6 Å². The lowest BCUT2D eigenvalue weighted by Gasteiger charge is -2.31. The molecule has 0 bridgehead atoms. The Hall–Kier alpha value is -2.31. The van der Waals surface area contributed by atoms with Crippen LogP contribution < -0.4 is 10.6 Å². The van der Waals surface area contributed by atoms with Gasteiger partial charge in [0.1, 0.15) is 5.76 Å². The molecule has 2 amide bonds. The van der Waals surface area contributed by atoms with Gasteiger partial charge in [0.15, 0.2) is 0 Å². The van der Waals surface area contributed by atoms with Gasteiger partial charge in [0.05, 0.1) is 12.8 Å². The van der Waals surface area contributed by atoms with Crippen LogP contribution in [0.3, 0.4) is 0 Å². The van der Waals surface area contributed by atoms with E-state index in [9.17, 15) is 9.59 Å². The molecule has 7 heteroatoms. The Labute approximate surface area is 157 Å². The van der Waals surface area contributed by atoms with E-state index in [1.165, 1.54) is 0 Å². The smallest absolute Gasteiger partial charge is 0.313 e. The molecule has 1 fully saturated rings. The standard InChI is InChI=1S/C19H22ClN3O3/c20-15-3-5-16(6-4-15)22-19(25)18(24)21-12-14-7-9-23(10-8-14)13-17-2-1-11-26-17/h1-6,11,14H,7-10,12-13H2,(H,21,24)(H,22,25). The van der Waals surface area contributed by atoms with Crippen LogP contribution in [0.4, 0.5) is 5.69 Å². The molecule has 1 aliphatic rings. The van der Waals surface area contributed by atoms with Gasteiger partial charge in [-0.1, -0.05) is 11.6 Å². The number of hydrogen-bond donors (Lipinski definition) is 2. The first-order valence-electron chi connectivity index (χ1n) is 8.69. The zero-order valence-corrected chi connectivity index (χ0v) is 15.2. The van der Waals surface area contributed by atoms with E-state index >= 15 is 0 Å². The lowest BCUT2D eigenvalue weighted by Crippen LogP contribution is -2.41. The van der Waals surface area contributed by atoms with Crippen LogP contribution in [0.2, 0.25) is 5.02 Å². The Bertz CT molecular complexity index is 723. The van der Waals surface area contributed by atoms with E-state index in [4.69, 9.17) is 16.0 Å². The van der Waals surface area contributed by atoms with Crippen molar-refractivity contribution < 1.29 is 14.0 Å². The molecular formula is C19H22ClN3O3. The normalized spacial score (nSPS) is 15.6. The van der Waals surface area contributed by atoms with Crippen LogP contribution in [0.15, 0.2) is 47.1 Å². The van der Waals surface area contributed by atoms with Gasteiger partial charge in [-0.25, -0.2) is 0 Å². The number of rotatable bonds is 5. The summed E-state index contributed by atoms with van der Waals surface area (Å²) in [6, 6.07) is 10.5. The number of carbonyl (C=O) groups excluding carboxylic acids is 2. The Morgan fingerprint density at radius 1 is 1.12 bits per heavy atom. The summed E-state index contributed by atoms with van der Waals surface area (Å²) in [5.41, 5.74) is 0.542. The number of anilines is 1. The van der Waals surface area contributed by atoms with Gasteiger partial charge >= 0.3 is 11.8 Å². The Kier molecular flexibility index (Phi) is 6.30. The summed E-state index contributed by atoms with van der Waals surface area (Å²) in [4.78, 5) is 26.2. The fourth-order valence-electron chi connectivity index (χ4n) is 3.01. The minimum Gasteiger partial charge on any atom is -0.468 e. The zero-order chi connectivity index (χ0) is 18.4. The predicted molar refractivity (Wildman–Crippen MR) is 99.8 cm³/mol. The third kappa shape index (κ3) is 5.34. The minimum atomic E-state index is -0.664. The first-order valence-corrected chi connectivity index (χ1v) is 9.07. The molecule has 2 N–H and O–H groups in total. The molecule has 138 valence electrons. The van der Waals surface area contributed by atoms with Gasteiger partial charge in [-0.2, -0.15) is 0 Å². The largest absolute Gasteiger partial charge is 0.468 e. The number of nitrogens with zero attached hydrogens (tertiary/aromatic N) is 1. The van der Waals surface area contributed by atoms with Gasteiger partial charge in [0.2, 0.25) is 0 Å². The summed E-state index contributed by atoms with van der Waals surface area (Å²) in [7, 11) is 0. The molecule has 0 spiro atoms. The molecular weight excluding hydrogens is 354 g/mol. The third-order valence-electron chi connectivity index (χ3n) is 4.53. The highest BCUT2D eigenvalue weighted by Crippen LogP contribution is 2.18. The van der Waals surface area contributed by atoms with Crippen molar-refractivity contribution in [3.8, 4) is 0 Å². The van der Waals surface area contributed by atoms with Crippen molar-refractivity contribution in [2.45, 2.75) is 19.4 Å². The summed E-state index contributed by atoms with van der Waals surface area (Å²) < 4.78 is 5.37. The van der Waals surface area contributed by atoms with Gasteiger partial charge in [0, 0.05) is 17.3 Å². The van der Waals surface area contributed by atoms with Crippen LogP contribution in [0.5, 0.6) is 0 Å². The monoisotopic (exact) mass is 375 g/mol. The second-order valence-electron chi connectivity index (χ2n) is 6.47. The van der Waals surface area contributed by atoms with Gasteiger partial charge in [-0.05, 0) is 68.2 Å². The van der Waals surface area contributed by atoms with E-state index in [1.807, 2.05) is 12.1 Å². The number of nitrogens with one attached hydrogen (secondary N) is 2. The minimum absolute atomic E-state index is 0.384. The van der Waals surface area contributed by atoms with Crippen LogP contribution in [0.25, 0.3) is 0 Å². The summed E-state index contributed by atoms with van der Waals surface area (Å²) >= 11 is 5.80. The highest BCUT2D eigenvalue weighted by molar-refractivity contribution is 6.39. The summed E-state index contributed by atoms with van der Waals surface area (Å²) in [6.07, 6.45) is 3.66. The van der Waals surface area contributed by atoms with Crippen LogP contribution in [0.1, 0.15) is 18.6 Å². The van der Waals surface area contributed by atoms with Crippen molar-refractivity contribution in [1.82, 2.24) is 10.2 Å². The van der Waals surface area contributed by atoms with E-state index in [1.54, 1.807) is 30.5 Å². The first kappa shape index (κ1) is 18.5. The molecule has 1 aromatic carbocycles. The molecule has 6 nitrogen and oxygen atoms in total. The van der Waals surface area contributed by atoms with Crippen molar-refractivity contribution in [1.29, 1.82) is 0 Å². The quantitative estimate of drug-likeness (QED) is 0.788. The number of amides is 2. The number of furan rings is 1. The second kappa shape index (κ2) is 8.87. The molecule has 0 aliphatic carbocycles.